The van der Waals surface area contributed by atoms with Gasteiger partial charge >= 0.3 is 0 Å². The SMILES string of the molecule is CC(C)C(NS(=O)(=O)N1CCOCC1)c1ccccc1. The van der Waals surface area contributed by atoms with Gasteiger partial charge in [0.15, 0.2) is 0 Å². The summed E-state index contributed by atoms with van der Waals surface area (Å²) >= 11 is 0. The molecule has 5 nitrogen and oxygen atoms in total. The number of nitrogens with one attached hydrogen (secondary N) is 1. The van der Waals surface area contributed by atoms with Crippen LogP contribution >= 0.6 is 0 Å². The predicted octanol–water partition coefficient (Wildman–Crippen LogP) is 1.55. The Hall–Kier alpha value is -0.950. The Kier molecular flexibility index (Phi) is 5.15. The fraction of sp³-hybridized carbons (Fsp3) is 0.571. The van der Waals surface area contributed by atoms with Gasteiger partial charge in [0.05, 0.1) is 19.3 Å². The van der Waals surface area contributed by atoms with Gasteiger partial charge in [-0.2, -0.15) is 17.4 Å². The first-order chi connectivity index (χ1) is 9.50. The van der Waals surface area contributed by atoms with Gasteiger partial charge in [0.2, 0.25) is 0 Å². The minimum Gasteiger partial charge on any atom is -0.379 e. The van der Waals surface area contributed by atoms with Gasteiger partial charge in [0.25, 0.3) is 10.2 Å². The fourth-order valence-electron chi connectivity index (χ4n) is 2.27. The number of nitrogens with zero attached hydrogens (tertiary/aromatic N) is 1. The molecule has 1 aliphatic heterocycles. The Bertz CT molecular complexity index is 510. The summed E-state index contributed by atoms with van der Waals surface area (Å²) in [5, 5.41) is 0. The molecule has 0 aliphatic carbocycles. The minimum atomic E-state index is -3.47. The monoisotopic (exact) mass is 298 g/mol. The normalized spacial score (nSPS) is 19.1. The van der Waals surface area contributed by atoms with E-state index in [4.69, 9.17) is 4.74 Å². The van der Waals surface area contributed by atoms with Gasteiger partial charge in [0, 0.05) is 13.1 Å². The summed E-state index contributed by atoms with van der Waals surface area (Å²) in [7, 11) is -3.47. The van der Waals surface area contributed by atoms with Crippen LogP contribution in [0, 0.1) is 5.92 Å². The maximum Gasteiger partial charge on any atom is 0.280 e. The third-order valence-electron chi connectivity index (χ3n) is 3.41. The maximum atomic E-state index is 12.4. The molecule has 1 N–H and O–H groups in total. The molecule has 1 aliphatic rings. The molecule has 0 spiro atoms. The maximum absolute atomic E-state index is 12.4. The van der Waals surface area contributed by atoms with Crippen LogP contribution in [0.25, 0.3) is 0 Å². The molecule has 0 saturated carbocycles. The molecule has 1 fully saturated rings. The third kappa shape index (κ3) is 3.79. The van der Waals surface area contributed by atoms with E-state index in [2.05, 4.69) is 4.72 Å². The highest BCUT2D eigenvalue weighted by molar-refractivity contribution is 7.87. The first-order valence-corrected chi connectivity index (χ1v) is 8.35. The molecular weight excluding hydrogens is 276 g/mol. The van der Waals surface area contributed by atoms with Gasteiger partial charge in [-0.1, -0.05) is 44.2 Å². The highest BCUT2D eigenvalue weighted by Gasteiger charge is 2.28. The lowest BCUT2D eigenvalue weighted by Gasteiger charge is -2.30. The summed E-state index contributed by atoms with van der Waals surface area (Å²) < 4.78 is 34.3. The van der Waals surface area contributed by atoms with Crippen LogP contribution in [-0.2, 0) is 14.9 Å². The smallest absolute Gasteiger partial charge is 0.280 e. The van der Waals surface area contributed by atoms with Gasteiger partial charge in [-0.25, -0.2) is 0 Å². The number of ether oxygens (including phenoxy) is 1. The van der Waals surface area contributed by atoms with Crippen molar-refractivity contribution in [2.45, 2.75) is 19.9 Å². The lowest BCUT2D eigenvalue weighted by molar-refractivity contribution is 0.0722. The number of morpholine rings is 1. The molecule has 1 atom stereocenters. The van der Waals surface area contributed by atoms with Crippen molar-refractivity contribution >= 4 is 10.2 Å². The molecule has 0 bridgehead atoms. The molecule has 1 aromatic rings. The summed E-state index contributed by atoms with van der Waals surface area (Å²) in [4.78, 5) is 0. The van der Waals surface area contributed by atoms with Crippen LogP contribution in [0.5, 0.6) is 0 Å². The van der Waals surface area contributed by atoms with Crippen molar-refractivity contribution in [2.75, 3.05) is 26.3 Å². The van der Waals surface area contributed by atoms with E-state index in [0.29, 0.717) is 26.3 Å². The van der Waals surface area contributed by atoms with Crippen LogP contribution in [-0.4, -0.2) is 39.0 Å². The van der Waals surface area contributed by atoms with E-state index in [9.17, 15) is 8.42 Å². The second kappa shape index (κ2) is 6.67. The Balaban J connectivity index is 2.15. The van der Waals surface area contributed by atoms with Crippen LogP contribution < -0.4 is 4.72 Å². The summed E-state index contributed by atoms with van der Waals surface area (Å²) in [6.45, 7) is 5.76. The van der Waals surface area contributed by atoms with Crippen molar-refractivity contribution < 1.29 is 13.2 Å². The van der Waals surface area contributed by atoms with E-state index in [-0.39, 0.29) is 12.0 Å². The van der Waals surface area contributed by atoms with Gasteiger partial charge < -0.3 is 4.74 Å². The molecule has 6 heteroatoms. The van der Waals surface area contributed by atoms with Crippen molar-refractivity contribution in [2.24, 2.45) is 5.92 Å². The summed E-state index contributed by atoms with van der Waals surface area (Å²) in [6, 6.07) is 9.46. The van der Waals surface area contributed by atoms with E-state index in [1.807, 2.05) is 44.2 Å². The minimum absolute atomic E-state index is 0.174. The van der Waals surface area contributed by atoms with Gasteiger partial charge in [-0.3, -0.25) is 0 Å². The van der Waals surface area contributed by atoms with E-state index in [1.54, 1.807) is 0 Å². The Morgan fingerprint density at radius 1 is 1.15 bits per heavy atom. The van der Waals surface area contributed by atoms with E-state index in [1.165, 1.54) is 4.31 Å². The van der Waals surface area contributed by atoms with E-state index < -0.39 is 10.2 Å². The fourth-order valence-corrected chi connectivity index (χ4v) is 3.78. The van der Waals surface area contributed by atoms with Crippen LogP contribution in [0.1, 0.15) is 25.5 Å². The lowest BCUT2D eigenvalue weighted by Crippen LogP contribution is -2.48. The number of hydrogen-bond donors (Lipinski definition) is 1. The lowest BCUT2D eigenvalue weighted by atomic mass is 9.97. The summed E-state index contributed by atoms with van der Waals surface area (Å²) in [5.74, 6) is 0.174. The molecule has 0 amide bonds. The predicted molar refractivity (Wildman–Crippen MR) is 78.5 cm³/mol. The first kappa shape index (κ1) is 15.4. The van der Waals surface area contributed by atoms with Crippen molar-refractivity contribution in [3.8, 4) is 0 Å². The van der Waals surface area contributed by atoms with Crippen LogP contribution in [0.2, 0.25) is 0 Å². The number of rotatable bonds is 5. The molecule has 0 aromatic heterocycles. The Morgan fingerprint density at radius 3 is 2.30 bits per heavy atom. The van der Waals surface area contributed by atoms with Crippen molar-refractivity contribution in [3.05, 3.63) is 35.9 Å². The summed E-state index contributed by atoms with van der Waals surface area (Å²) in [5.41, 5.74) is 0.985. The van der Waals surface area contributed by atoms with Crippen molar-refractivity contribution in [1.82, 2.24) is 9.03 Å². The number of benzene rings is 1. The third-order valence-corrected chi connectivity index (χ3v) is 5.01. The van der Waals surface area contributed by atoms with Crippen LogP contribution in [0.4, 0.5) is 0 Å². The zero-order chi connectivity index (χ0) is 14.6. The van der Waals surface area contributed by atoms with Crippen LogP contribution in [0.15, 0.2) is 30.3 Å². The number of hydrogen-bond acceptors (Lipinski definition) is 3. The molecule has 2 rings (SSSR count). The Morgan fingerprint density at radius 2 is 1.75 bits per heavy atom. The average Bonchev–Trinajstić information content (AvgIpc) is 2.46. The topological polar surface area (TPSA) is 58.6 Å². The zero-order valence-corrected chi connectivity index (χ0v) is 12.8. The molecule has 0 radical (unpaired) electrons. The molecular formula is C14H22N2O3S. The Labute approximate surface area is 121 Å². The van der Waals surface area contributed by atoms with E-state index >= 15 is 0 Å². The van der Waals surface area contributed by atoms with Gasteiger partial charge in [-0.15, -0.1) is 0 Å². The second-order valence-corrected chi connectivity index (χ2v) is 6.97. The quantitative estimate of drug-likeness (QED) is 0.897. The van der Waals surface area contributed by atoms with Gasteiger partial charge in [-0.05, 0) is 11.5 Å². The van der Waals surface area contributed by atoms with E-state index in [0.717, 1.165) is 5.56 Å². The highest BCUT2D eigenvalue weighted by atomic mass is 32.2. The van der Waals surface area contributed by atoms with Crippen LogP contribution in [0.3, 0.4) is 0 Å². The van der Waals surface area contributed by atoms with Gasteiger partial charge in [0.1, 0.15) is 0 Å². The first-order valence-electron chi connectivity index (χ1n) is 6.91. The standard InChI is InChI=1S/C14H22N2O3S/c1-12(2)14(13-6-4-3-5-7-13)15-20(17,18)16-8-10-19-11-9-16/h3-7,12,14-15H,8-11H2,1-2H3. The highest BCUT2D eigenvalue weighted by Crippen LogP contribution is 2.23. The molecule has 1 unspecified atom stereocenters. The molecule has 1 heterocycles. The second-order valence-electron chi connectivity index (χ2n) is 5.27. The van der Waals surface area contributed by atoms with Crippen molar-refractivity contribution in [3.63, 3.8) is 0 Å². The largest absolute Gasteiger partial charge is 0.379 e. The molecule has 1 aromatic carbocycles. The molecule has 20 heavy (non-hydrogen) atoms. The average molecular weight is 298 g/mol. The molecule has 112 valence electrons. The summed E-state index contributed by atoms with van der Waals surface area (Å²) in [6.07, 6.45) is 0. The van der Waals surface area contributed by atoms with Crippen molar-refractivity contribution in [1.29, 1.82) is 0 Å². The zero-order valence-electron chi connectivity index (χ0n) is 12.0. The molecule has 1 saturated heterocycles.